The number of rotatable bonds is 6. The molecule has 0 radical (unpaired) electrons. The van der Waals surface area contributed by atoms with Gasteiger partial charge >= 0.3 is 0 Å². The molecule has 0 atom stereocenters. The van der Waals surface area contributed by atoms with Crippen molar-refractivity contribution in [1.29, 1.82) is 0 Å². The van der Waals surface area contributed by atoms with Crippen LogP contribution in [0.2, 0.25) is 0 Å². The smallest absolute Gasteiger partial charge is 0.206 e. The Morgan fingerprint density at radius 3 is 2.79 bits per heavy atom. The summed E-state index contributed by atoms with van der Waals surface area (Å²) in [5, 5.41) is 9.43. The van der Waals surface area contributed by atoms with E-state index in [2.05, 4.69) is 15.2 Å². The third kappa shape index (κ3) is 3.77. The first-order valence-corrected chi connectivity index (χ1v) is 8.71. The van der Waals surface area contributed by atoms with E-state index in [-0.39, 0.29) is 12.0 Å². The van der Waals surface area contributed by atoms with Crippen molar-refractivity contribution in [1.82, 2.24) is 24.5 Å². The van der Waals surface area contributed by atoms with Crippen molar-refractivity contribution in [3.63, 3.8) is 0 Å². The quantitative estimate of drug-likeness (QED) is 0.512. The molecule has 142 valence electrons. The van der Waals surface area contributed by atoms with Gasteiger partial charge in [-0.2, -0.15) is 10.2 Å². The number of hydrogen-bond acceptors (Lipinski definition) is 6. The van der Waals surface area contributed by atoms with E-state index in [1.807, 2.05) is 37.5 Å². The molecule has 0 bridgehead atoms. The van der Waals surface area contributed by atoms with Crippen molar-refractivity contribution in [3.05, 3.63) is 76.6 Å². The monoisotopic (exact) mass is 377 g/mol. The molecular formula is C20H19N5O3. The highest BCUT2D eigenvalue weighted by atomic mass is 16.5. The molecule has 28 heavy (non-hydrogen) atoms. The normalized spacial score (nSPS) is 11.1. The summed E-state index contributed by atoms with van der Waals surface area (Å²) < 4.78 is 14.3. The zero-order chi connectivity index (χ0) is 19.5. The summed E-state index contributed by atoms with van der Waals surface area (Å²) in [7, 11) is 3.47. The molecule has 0 amide bonds. The van der Waals surface area contributed by atoms with Crippen LogP contribution in [0.25, 0.3) is 16.6 Å². The lowest BCUT2D eigenvalue weighted by atomic mass is 10.1. The second kappa shape index (κ2) is 7.61. The molecule has 0 spiro atoms. The van der Waals surface area contributed by atoms with Crippen LogP contribution in [-0.2, 0) is 25.0 Å². The highest BCUT2D eigenvalue weighted by Crippen LogP contribution is 2.21. The number of ether oxygens (including phenoxy) is 2. The lowest BCUT2D eigenvalue weighted by Gasteiger charge is -2.09. The number of aryl methyl sites for hydroxylation is 1. The Bertz CT molecular complexity index is 1180. The summed E-state index contributed by atoms with van der Waals surface area (Å²) in [6, 6.07) is 9.08. The van der Waals surface area contributed by atoms with Gasteiger partial charge in [-0.3, -0.25) is 14.5 Å². The predicted octanol–water partition coefficient (Wildman–Crippen LogP) is 2.24. The maximum absolute atomic E-state index is 12.2. The average molecular weight is 377 g/mol. The summed E-state index contributed by atoms with van der Waals surface area (Å²) in [4.78, 5) is 16.6. The fourth-order valence-corrected chi connectivity index (χ4v) is 2.86. The van der Waals surface area contributed by atoms with Gasteiger partial charge in [-0.25, -0.2) is 4.68 Å². The summed E-state index contributed by atoms with van der Waals surface area (Å²) in [5.74, 6) is 0.641. The number of hydrogen-bond donors (Lipinski definition) is 0. The Morgan fingerprint density at radius 2 is 2.00 bits per heavy atom. The maximum atomic E-state index is 12.2. The van der Waals surface area contributed by atoms with Gasteiger partial charge in [-0.05, 0) is 29.8 Å². The highest BCUT2D eigenvalue weighted by molar-refractivity contribution is 5.80. The van der Waals surface area contributed by atoms with E-state index in [1.165, 1.54) is 6.07 Å². The Labute approximate surface area is 161 Å². The number of fused-ring (bicyclic) bond motifs is 1. The van der Waals surface area contributed by atoms with E-state index in [9.17, 15) is 4.79 Å². The lowest BCUT2D eigenvalue weighted by Crippen LogP contribution is -2.17. The molecule has 8 nitrogen and oxygen atoms in total. The molecule has 0 N–H and O–H groups in total. The fourth-order valence-electron chi connectivity index (χ4n) is 2.86. The van der Waals surface area contributed by atoms with Crippen LogP contribution in [0.1, 0.15) is 11.3 Å². The van der Waals surface area contributed by atoms with Crippen molar-refractivity contribution < 1.29 is 9.47 Å². The second-order valence-corrected chi connectivity index (χ2v) is 6.36. The fraction of sp³-hybridized carbons (Fsp3) is 0.200. The van der Waals surface area contributed by atoms with E-state index in [0.717, 1.165) is 22.2 Å². The minimum atomic E-state index is -0.176. The van der Waals surface area contributed by atoms with Crippen LogP contribution < -0.4 is 10.2 Å². The molecule has 0 unspecified atom stereocenters. The summed E-state index contributed by atoms with van der Waals surface area (Å²) in [6.45, 7) is 0.562. The SMILES string of the molecule is COCc1cnc2ccc(OCc3nn(-c4cnn(C)c4)ccc3=O)cc2c1. The predicted molar refractivity (Wildman–Crippen MR) is 103 cm³/mol. The van der Waals surface area contributed by atoms with Crippen LogP contribution in [0.5, 0.6) is 5.75 Å². The van der Waals surface area contributed by atoms with E-state index in [1.54, 1.807) is 35.1 Å². The average Bonchev–Trinajstić information content (AvgIpc) is 3.13. The van der Waals surface area contributed by atoms with Gasteiger partial charge in [-0.1, -0.05) is 0 Å². The Balaban J connectivity index is 1.56. The zero-order valence-corrected chi connectivity index (χ0v) is 15.6. The lowest BCUT2D eigenvalue weighted by molar-refractivity contribution is 0.184. The van der Waals surface area contributed by atoms with Crippen molar-refractivity contribution >= 4 is 10.9 Å². The first-order valence-electron chi connectivity index (χ1n) is 8.71. The van der Waals surface area contributed by atoms with Crippen LogP contribution >= 0.6 is 0 Å². The number of aromatic nitrogens is 5. The molecule has 0 fully saturated rings. The first kappa shape index (κ1) is 17.9. The van der Waals surface area contributed by atoms with Gasteiger partial charge in [0.25, 0.3) is 0 Å². The molecule has 0 saturated carbocycles. The molecule has 4 rings (SSSR count). The second-order valence-electron chi connectivity index (χ2n) is 6.36. The number of methoxy groups -OCH3 is 1. The zero-order valence-electron chi connectivity index (χ0n) is 15.6. The molecule has 1 aromatic carbocycles. The van der Waals surface area contributed by atoms with Gasteiger partial charge in [0.2, 0.25) is 5.43 Å². The van der Waals surface area contributed by atoms with E-state index in [4.69, 9.17) is 9.47 Å². The van der Waals surface area contributed by atoms with Crippen LogP contribution in [0.15, 0.2) is 59.9 Å². The Kier molecular flexibility index (Phi) is 4.86. The van der Waals surface area contributed by atoms with E-state index >= 15 is 0 Å². The van der Waals surface area contributed by atoms with Crippen LogP contribution in [0.3, 0.4) is 0 Å². The van der Waals surface area contributed by atoms with Gasteiger partial charge in [-0.15, -0.1) is 0 Å². The topological polar surface area (TPSA) is 84.1 Å². The van der Waals surface area contributed by atoms with Gasteiger partial charge in [0.1, 0.15) is 23.7 Å². The van der Waals surface area contributed by atoms with Gasteiger partial charge in [0.15, 0.2) is 0 Å². The van der Waals surface area contributed by atoms with Crippen molar-refractivity contribution in [3.8, 4) is 11.4 Å². The minimum absolute atomic E-state index is 0.0661. The third-order valence-electron chi connectivity index (χ3n) is 4.23. The molecule has 0 aliphatic carbocycles. The minimum Gasteiger partial charge on any atom is -0.487 e. The molecule has 0 saturated heterocycles. The number of benzene rings is 1. The molecular weight excluding hydrogens is 358 g/mol. The molecule has 4 aromatic rings. The van der Waals surface area contributed by atoms with Crippen LogP contribution in [0.4, 0.5) is 0 Å². The Morgan fingerprint density at radius 1 is 1.11 bits per heavy atom. The number of nitrogens with zero attached hydrogens (tertiary/aromatic N) is 5. The first-order chi connectivity index (χ1) is 13.6. The van der Waals surface area contributed by atoms with Crippen LogP contribution in [-0.4, -0.2) is 31.7 Å². The largest absolute Gasteiger partial charge is 0.487 e. The summed E-state index contributed by atoms with van der Waals surface area (Å²) >= 11 is 0. The third-order valence-corrected chi connectivity index (χ3v) is 4.23. The summed E-state index contributed by atoms with van der Waals surface area (Å²) in [6.07, 6.45) is 6.90. The number of pyridine rings is 1. The molecule has 8 heteroatoms. The Hall–Kier alpha value is -3.52. The maximum Gasteiger partial charge on any atom is 0.206 e. The van der Waals surface area contributed by atoms with Gasteiger partial charge in [0.05, 0.1) is 24.5 Å². The standard InChI is InChI=1S/C20H19N5O3/c1-24-11-16(10-22-24)25-6-5-20(26)19(23-25)13-28-17-3-4-18-15(8-17)7-14(9-21-18)12-27-2/h3-11H,12-13H2,1-2H3. The van der Waals surface area contributed by atoms with Crippen molar-refractivity contribution in [2.75, 3.05) is 7.11 Å². The van der Waals surface area contributed by atoms with Crippen molar-refractivity contribution in [2.24, 2.45) is 7.05 Å². The highest BCUT2D eigenvalue weighted by Gasteiger charge is 2.07. The van der Waals surface area contributed by atoms with Crippen LogP contribution in [0, 0.1) is 0 Å². The van der Waals surface area contributed by atoms with Gasteiger partial charge in [0, 0.05) is 38.0 Å². The molecule has 0 aliphatic rings. The van der Waals surface area contributed by atoms with Crippen molar-refractivity contribution in [2.45, 2.75) is 13.2 Å². The van der Waals surface area contributed by atoms with E-state index in [0.29, 0.717) is 18.1 Å². The van der Waals surface area contributed by atoms with E-state index < -0.39 is 0 Å². The molecule has 3 aromatic heterocycles. The molecule has 3 heterocycles. The van der Waals surface area contributed by atoms with Gasteiger partial charge < -0.3 is 9.47 Å². The summed E-state index contributed by atoms with van der Waals surface area (Å²) in [5.41, 5.74) is 2.76. The molecule has 0 aliphatic heterocycles.